The molecular weight excluding hydrogens is 260 g/mol. The highest BCUT2D eigenvalue weighted by molar-refractivity contribution is 5.96. The van der Waals surface area contributed by atoms with E-state index in [-0.39, 0.29) is 30.8 Å². The minimum absolute atomic E-state index is 0.00216. The number of aliphatic carboxylic acids is 1. The molecule has 0 heterocycles. The SMILES string of the molecule is CC(CCC(=O)O)NC(=O)CNC(=O)c1ccccc1. The molecule has 20 heavy (non-hydrogen) atoms. The number of carboxylic acids is 1. The Morgan fingerprint density at radius 2 is 1.85 bits per heavy atom. The average molecular weight is 278 g/mol. The molecule has 1 rings (SSSR count). The van der Waals surface area contributed by atoms with Crippen LogP contribution >= 0.6 is 0 Å². The van der Waals surface area contributed by atoms with Crippen LogP contribution in [0.1, 0.15) is 30.1 Å². The van der Waals surface area contributed by atoms with Crippen molar-refractivity contribution in [1.82, 2.24) is 10.6 Å². The number of benzene rings is 1. The van der Waals surface area contributed by atoms with E-state index >= 15 is 0 Å². The summed E-state index contributed by atoms with van der Waals surface area (Å²) >= 11 is 0. The van der Waals surface area contributed by atoms with E-state index in [9.17, 15) is 14.4 Å². The van der Waals surface area contributed by atoms with Crippen LogP contribution in [0.4, 0.5) is 0 Å². The van der Waals surface area contributed by atoms with Crippen LogP contribution in [0.15, 0.2) is 30.3 Å². The van der Waals surface area contributed by atoms with Crippen LogP contribution in [-0.2, 0) is 9.59 Å². The lowest BCUT2D eigenvalue weighted by Crippen LogP contribution is -2.41. The van der Waals surface area contributed by atoms with Gasteiger partial charge in [0.25, 0.3) is 5.91 Å². The molecule has 0 fully saturated rings. The molecule has 0 bridgehead atoms. The minimum atomic E-state index is -0.900. The second-order valence-electron chi connectivity index (χ2n) is 4.45. The van der Waals surface area contributed by atoms with Gasteiger partial charge in [-0.15, -0.1) is 0 Å². The van der Waals surface area contributed by atoms with Gasteiger partial charge in [-0.25, -0.2) is 0 Å². The van der Waals surface area contributed by atoms with E-state index in [1.54, 1.807) is 37.3 Å². The summed E-state index contributed by atoms with van der Waals surface area (Å²) < 4.78 is 0. The molecule has 1 unspecified atom stereocenters. The maximum Gasteiger partial charge on any atom is 0.303 e. The molecule has 0 aliphatic heterocycles. The fourth-order valence-electron chi connectivity index (χ4n) is 1.59. The Morgan fingerprint density at radius 3 is 2.45 bits per heavy atom. The van der Waals surface area contributed by atoms with Crippen molar-refractivity contribution in [2.24, 2.45) is 0 Å². The van der Waals surface area contributed by atoms with Gasteiger partial charge in [0.1, 0.15) is 0 Å². The molecule has 0 spiro atoms. The van der Waals surface area contributed by atoms with E-state index in [0.29, 0.717) is 12.0 Å². The topological polar surface area (TPSA) is 95.5 Å². The van der Waals surface area contributed by atoms with Gasteiger partial charge in [0.15, 0.2) is 0 Å². The van der Waals surface area contributed by atoms with E-state index in [0.717, 1.165) is 0 Å². The van der Waals surface area contributed by atoms with Crippen molar-refractivity contribution >= 4 is 17.8 Å². The van der Waals surface area contributed by atoms with Crippen molar-refractivity contribution < 1.29 is 19.5 Å². The molecule has 3 N–H and O–H groups in total. The first-order valence-electron chi connectivity index (χ1n) is 6.33. The van der Waals surface area contributed by atoms with Crippen molar-refractivity contribution in [3.8, 4) is 0 Å². The highest BCUT2D eigenvalue weighted by atomic mass is 16.4. The van der Waals surface area contributed by atoms with Crippen LogP contribution in [0.3, 0.4) is 0 Å². The fourth-order valence-corrected chi connectivity index (χ4v) is 1.59. The van der Waals surface area contributed by atoms with Crippen molar-refractivity contribution in [2.75, 3.05) is 6.54 Å². The lowest BCUT2D eigenvalue weighted by molar-refractivity contribution is -0.137. The molecule has 0 aromatic heterocycles. The number of carbonyl (C=O) groups excluding carboxylic acids is 2. The van der Waals surface area contributed by atoms with E-state index in [1.165, 1.54) is 0 Å². The van der Waals surface area contributed by atoms with Gasteiger partial charge in [-0.2, -0.15) is 0 Å². The summed E-state index contributed by atoms with van der Waals surface area (Å²) in [4.78, 5) is 33.6. The monoisotopic (exact) mass is 278 g/mol. The summed E-state index contributed by atoms with van der Waals surface area (Å²) in [5.41, 5.74) is 0.485. The minimum Gasteiger partial charge on any atom is -0.481 e. The first-order valence-corrected chi connectivity index (χ1v) is 6.33. The Kier molecular flexibility index (Phi) is 6.22. The summed E-state index contributed by atoms with van der Waals surface area (Å²) in [6.07, 6.45) is 0.353. The Hall–Kier alpha value is -2.37. The number of rotatable bonds is 7. The third-order valence-corrected chi connectivity index (χ3v) is 2.64. The molecule has 1 aromatic rings. The normalized spacial score (nSPS) is 11.4. The Labute approximate surface area is 117 Å². The molecule has 2 amide bonds. The second-order valence-corrected chi connectivity index (χ2v) is 4.45. The summed E-state index contributed by atoms with van der Waals surface area (Å²) in [6, 6.07) is 8.34. The predicted molar refractivity (Wildman–Crippen MR) is 73.2 cm³/mol. The highest BCUT2D eigenvalue weighted by Crippen LogP contribution is 1.98. The molecule has 1 aromatic carbocycles. The summed E-state index contributed by atoms with van der Waals surface area (Å²) in [7, 11) is 0. The smallest absolute Gasteiger partial charge is 0.303 e. The zero-order valence-electron chi connectivity index (χ0n) is 11.3. The Balaban J connectivity index is 2.29. The number of nitrogens with one attached hydrogen (secondary N) is 2. The fraction of sp³-hybridized carbons (Fsp3) is 0.357. The molecule has 0 radical (unpaired) electrons. The van der Waals surface area contributed by atoms with Crippen molar-refractivity contribution in [3.63, 3.8) is 0 Å². The van der Waals surface area contributed by atoms with Gasteiger partial charge in [-0.1, -0.05) is 18.2 Å². The molecule has 6 heteroatoms. The molecular formula is C14H18N2O4. The van der Waals surface area contributed by atoms with E-state index < -0.39 is 5.97 Å². The zero-order chi connectivity index (χ0) is 15.0. The molecule has 6 nitrogen and oxygen atoms in total. The molecule has 0 saturated heterocycles. The molecule has 1 atom stereocenters. The molecule has 0 saturated carbocycles. The number of carbonyl (C=O) groups is 3. The Morgan fingerprint density at radius 1 is 1.20 bits per heavy atom. The van der Waals surface area contributed by atoms with Gasteiger partial charge in [0.05, 0.1) is 6.54 Å². The van der Waals surface area contributed by atoms with Crippen molar-refractivity contribution in [1.29, 1.82) is 0 Å². The lowest BCUT2D eigenvalue weighted by Gasteiger charge is -2.13. The second kappa shape index (κ2) is 7.93. The largest absolute Gasteiger partial charge is 0.481 e. The third kappa shape index (κ3) is 5.99. The van der Waals surface area contributed by atoms with Gasteiger partial charge < -0.3 is 15.7 Å². The maximum atomic E-state index is 11.7. The number of hydrogen-bond acceptors (Lipinski definition) is 3. The van der Waals surface area contributed by atoms with E-state index in [2.05, 4.69) is 10.6 Å². The third-order valence-electron chi connectivity index (χ3n) is 2.64. The molecule has 0 aliphatic rings. The van der Waals surface area contributed by atoms with E-state index in [4.69, 9.17) is 5.11 Å². The van der Waals surface area contributed by atoms with Crippen LogP contribution in [0, 0.1) is 0 Å². The summed E-state index contributed by atoms with van der Waals surface area (Å²) in [5, 5.41) is 13.7. The summed E-state index contributed by atoms with van der Waals surface area (Å²) in [5.74, 6) is -1.56. The number of amides is 2. The quantitative estimate of drug-likeness (QED) is 0.687. The number of carboxylic acid groups (broad SMARTS) is 1. The number of hydrogen-bond donors (Lipinski definition) is 3. The van der Waals surface area contributed by atoms with Crippen LogP contribution in [0.25, 0.3) is 0 Å². The summed E-state index contributed by atoms with van der Waals surface area (Å²) in [6.45, 7) is 1.59. The van der Waals surface area contributed by atoms with E-state index in [1.807, 2.05) is 0 Å². The first kappa shape index (κ1) is 15.7. The standard InChI is InChI=1S/C14H18N2O4/c1-10(7-8-13(18)19)16-12(17)9-15-14(20)11-5-3-2-4-6-11/h2-6,10H,7-9H2,1H3,(H,15,20)(H,16,17)(H,18,19). The van der Waals surface area contributed by atoms with Crippen LogP contribution < -0.4 is 10.6 Å². The van der Waals surface area contributed by atoms with Gasteiger partial charge in [-0.3, -0.25) is 14.4 Å². The van der Waals surface area contributed by atoms with Crippen LogP contribution in [0.2, 0.25) is 0 Å². The molecule has 108 valence electrons. The Bertz CT molecular complexity index is 473. The van der Waals surface area contributed by atoms with Crippen LogP contribution in [0.5, 0.6) is 0 Å². The lowest BCUT2D eigenvalue weighted by atomic mass is 10.2. The molecule has 0 aliphatic carbocycles. The van der Waals surface area contributed by atoms with Gasteiger partial charge in [0, 0.05) is 18.0 Å². The maximum absolute atomic E-state index is 11.7. The van der Waals surface area contributed by atoms with Crippen molar-refractivity contribution in [2.45, 2.75) is 25.8 Å². The average Bonchev–Trinajstić information content (AvgIpc) is 2.43. The first-order chi connectivity index (χ1) is 9.49. The zero-order valence-corrected chi connectivity index (χ0v) is 11.3. The predicted octanol–water partition coefficient (Wildman–Crippen LogP) is 0.786. The highest BCUT2D eigenvalue weighted by Gasteiger charge is 2.11. The van der Waals surface area contributed by atoms with Gasteiger partial charge in [-0.05, 0) is 25.5 Å². The van der Waals surface area contributed by atoms with Crippen LogP contribution in [-0.4, -0.2) is 35.5 Å². The van der Waals surface area contributed by atoms with Gasteiger partial charge in [0.2, 0.25) is 5.91 Å². The van der Waals surface area contributed by atoms with Gasteiger partial charge >= 0.3 is 5.97 Å². The van der Waals surface area contributed by atoms with Crippen molar-refractivity contribution in [3.05, 3.63) is 35.9 Å².